The summed E-state index contributed by atoms with van der Waals surface area (Å²) in [5.41, 5.74) is 4.73. The van der Waals surface area contributed by atoms with Gasteiger partial charge in [-0.2, -0.15) is 0 Å². The molecular weight excluding hydrogens is 249 g/mol. The molecule has 0 saturated carbocycles. The van der Waals surface area contributed by atoms with Crippen molar-refractivity contribution in [2.24, 2.45) is 0 Å². The fourth-order valence-electron chi connectivity index (χ4n) is 2.30. The first kappa shape index (κ1) is 12.8. The Morgan fingerprint density at radius 2 is 1.83 bits per heavy atom. The molecule has 1 aliphatic rings. The van der Waals surface area contributed by atoms with Gasteiger partial charge >= 0.3 is 0 Å². The molecule has 92 valence electrons. The first-order valence-electron chi connectivity index (χ1n) is 5.72. The van der Waals surface area contributed by atoms with Crippen molar-refractivity contribution < 1.29 is 4.39 Å². The molecule has 0 radical (unpaired) electrons. The van der Waals surface area contributed by atoms with Gasteiger partial charge in [-0.05, 0) is 59.4 Å². The van der Waals surface area contributed by atoms with Crippen LogP contribution < -0.4 is 0 Å². The van der Waals surface area contributed by atoms with E-state index in [-0.39, 0.29) is 18.2 Å². The number of nitrogens with zero attached hydrogens (tertiary/aromatic N) is 1. The van der Waals surface area contributed by atoms with Gasteiger partial charge in [0.25, 0.3) is 0 Å². The lowest BCUT2D eigenvalue weighted by atomic mass is 10.1. The minimum Gasteiger partial charge on any atom is -0.265 e. The maximum absolute atomic E-state index is 13.1. The van der Waals surface area contributed by atoms with Gasteiger partial charge in [0.2, 0.25) is 0 Å². The van der Waals surface area contributed by atoms with Crippen LogP contribution in [0.25, 0.3) is 11.6 Å². The third kappa shape index (κ3) is 2.44. The molecule has 1 aromatic carbocycles. The summed E-state index contributed by atoms with van der Waals surface area (Å²) in [6, 6.07) is 9.01. The van der Waals surface area contributed by atoms with E-state index in [9.17, 15) is 4.39 Å². The molecule has 3 rings (SSSR count). The highest BCUT2D eigenvalue weighted by molar-refractivity contribution is 5.85. The van der Waals surface area contributed by atoms with Crippen molar-refractivity contribution in [3.05, 3.63) is 65.2 Å². The Morgan fingerprint density at radius 1 is 1.06 bits per heavy atom. The number of halogens is 2. The summed E-state index contributed by atoms with van der Waals surface area (Å²) in [6.45, 7) is 0. The Labute approximate surface area is 112 Å². The van der Waals surface area contributed by atoms with Crippen molar-refractivity contribution in [1.29, 1.82) is 0 Å². The molecule has 1 heterocycles. The minimum atomic E-state index is -0.145. The standard InChI is InChI=1S/C15H12FN.ClH/c16-14-3-4-15-12(1-2-13(15)10-14)9-11-5-7-17-8-6-11;/h3-10H,1-2H2;1H. The lowest BCUT2D eigenvalue weighted by molar-refractivity contribution is 0.626. The summed E-state index contributed by atoms with van der Waals surface area (Å²) >= 11 is 0. The van der Waals surface area contributed by atoms with Gasteiger partial charge in [0, 0.05) is 12.4 Å². The summed E-state index contributed by atoms with van der Waals surface area (Å²) in [4.78, 5) is 4.00. The smallest absolute Gasteiger partial charge is 0.123 e. The summed E-state index contributed by atoms with van der Waals surface area (Å²) in [5, 5.41) is 0. The number of allylic oxidation sites excluding steroid dienone is 1. The maximum Gasteiger partial charge on any atom is 0.123 e. The van der Waals surface area contributed by atoms with Crippen molar-refractivity contribution in [3.63, 3.8) is 0 Å². The Hall–Kier alpha value is -1.67. The van der Waals surface area contributed by atoms with E-state index in [4.69, 9.17) is 0 Å². The first-order chi connectivity index (χ1) is 8.33. The molecule has 2 aromatic rings. The highest BCUT2D eigenvalue weighted by atomic mass is 35.5. The SMILES string of the molecule is Cl.Fc1ccc2c(c1)CCC2=Cc1ccncc1. The van der Waals surface area contributed by atoms with Crippen LogP contribution in [0.1, 0.15) is 23.1 Å². The van der Waals surface area contributed by atoms with E-state index in [0.717, 1.165) is 24.0 Å². The van der Waals surface area contributed by atoms with Crippen LogP contribution in [0.4, 0.5) is 4.39 Å². The second-order valence-electron chi connectivity index (χ2n) is 4.25. The number of rotatable bonds is 1. The first-order valence-corrected chi connectivity index (χ1v) is 5.72. The summed E-state index contributed by atoms with van der Waals surface area (Å²) < 4.78 is 13.1. The number of benzene rings is 1. The van der Waals surface area contributed by atoms with Gasteiger partial charge in [0.15, 0.2) is 0 Å². The molecule has 1 nitrogen and oxygen atoms in total. The van der Waals surface area contributed by atoms with Gasteiger partial charge in [-0.15, -0.1) is 12.4 Å². The number of hydrogen-bond acceptors (Lipinski definition) is 1. The van der Waals surface area contributed by atoms with Crippen LogP contribution in [0, 0.1) is 5.82 Å². The number of aryl methyl sites for hydroxylation is 1. The van der Waals surface area contributed by atoms with E-state index in [1.165, 1.54) is 17.2 Å². The molecule has 0 aliphatic heterocycles. The quantitative estimate of drug-likeness (QED) is 0.752. The highest BCUT2D eigenvalue weighted by Gasteiger charge is 2.16. The van der Waals surface area contributed by atoms with Crippen molar-refractivity contribution >= 4 is 24.1 Å². The molecule has 1 aliphatic carbocycles. The zero-order valence-corrected chi connectivity index (χ0v) is 10.6. The summed E-state index contributed by atoms with van der Waals surface area (Å²) in [6.07, 6.45) is 7.65. The lowest BCUT2D eigenvalue weighted by Gasteiger charge is -2.01. The lowest BCUT2D eigenvalue weighted by Crippen LogP contribution is -1.83. The highest BCUT2D eigenvalue weighted by Crippen LogP contribution is 2.33. The minimum absolute atomic E-state index is 0. The number of hydrogen-bond donors (Lipinski definition) is 0. The third-order valence-electron chi connectivity index (χ3n) is 3.12. The fourth-order valence-corrected chi connectivity index (χ4v) is 2.30. The Balaban J connectivity index is 0.00000120. The van der Waals surface area contributed by atoms with Gasteiger partial charge in [-0.25, -0.2) is 4.39 Å². The second-order valence-corrected chi connectivity index (χ2v) is 4.25. The summed E-state index contributed by atoms with van der Waals surface area (Å²) in [5.74, 6) is -0.145. The average molecular weight is 262 g/mol. The maximum atomic E-state index is 13.1. The normalized spacial score (nSPS) is 15.3. The third-order valence-corrected chi connectivity index (χ3v) is 3.12. The van der Waals surface area contributed by atoms with Crippen LogP contribution in [0.3, 0.4) is 0 Å². The molecule has 0 fully saturated rings. The van der Waals surface area contributed by atoms with Crippen LogP contribution in [0.5, 0.6) is 0 Å². The molecular formula is C15H13ClFN. The van der Waals surface area contributed by atoms with E-state index >= 15 is 0 Å². The van der Waals surface area contributed by atoms with Gasteiger partial charge in [0.1, 0.15) is 5.82 Å². The van der Waals surface area contributed by atoms with Crippen LogP contribution in [0.2, 0.25) is 0 Å². The Morgan fingerprint density at radius 3 is 2.61 bits per heavy atom. The fraction of sp³-hybridized carbons (Fsp3) is 0.133. The molecule has 0 spiro atoms. The van der Waals surface area contributed by atoms with Crippen molar-refractivity contribution in [3.8, 4) is 0 Å². The van der Waals surface area contributed by atoms with E-state index < -0.39 is 0 Å². The predicted molar refractivity (Wildman–Crippen MR) is 74.1 cm³/mol. The van der Waals surface area contributed by atoms with E-state index in [1.807, 2.05) is 18.2 Å². The topological polar surface area (TPSA) is 12.9 Å². The van der Waals surface area contributed by atoms with Gasteiger partial charge in [-0.1, -0.05) is 12.1 Å². The second kappa shape index (κ2) is 5.32. The van der Waals surface area contributed by atoms with Crippen molar-refractivity contribution in [1.82, 2.24) is 4.98 Å². The number of pyridine rings is 1. The Bertz CT molecular complexity index is 578. The van der Waals surface area contributed by atoms with E-state index in [1.54, 1.807) is 18.5 Å². The zero-order chi connectivity index (χ0) is 11.7. The monoisotopic (exact) mass is 261 g/mol. The molecule has 0 amide bonds. The molecule has 0 saturated heterocycles. The molecule has 0 N–H and O–H groups in total. The molecule has 1 aromatic heterocycles. The van der Waals surface area contributed by atoms with Gasteiger partial charge in [-0.3, -0.25) is 4.98 Å². The van der Waals surface area contributed by atoms with Crippen LogP contribution in [-0.2, 0) is 6.42 Å². The van der Waals surface area contributed by atoms with Crippen LogP contribution >= 0.6 is 12.4 Å². The van der Waals surface area contributed by atoms with Crippen LogP contribution in [0.15, 0.2) is 42.7 Å². The molecule has 0 atom stereocenters. The molecule has 3 heteroatoms. The average Bonchev–Trinajstić information content (AvgIpc) is 2.73. The van der Waals surface area contributed by atoms with Crippen molar-refractivity contribution in [2.75, 3.05) is 0 Å². The predicted octanol–water partition coefficient (Wildman–Crippen LogP) is 4.13. The summed E-state index contributed by atoms with van der Waals surface area (Å²) in [7, 11) is 0. The van der Waals surface area contributed by atoms with Gasteiger partial charge < -0.3 is 0 Å². The Kier molecular flexibility index (Phi) is 3.78. The molecule has 0 unspecified atom stereocenters. The molecule has 18 heavy (non-hydrogen) atoms. The van der Waals surface area contributed by atoms with E-state index in [2.05, 4.69) is 11.1 Å². The number of fused-ring (bicyclic) bond motifs is 1. The zero-order valence-electron chi connectivity index (χ0n) is 9.77. The van der Waals surface area contributed by atoms with Gasteiger partial charge in [0.05, 0.1) is 0 Å². The number of aromatic nitrogens is 1. The van der Waals surface area contributed by atoms with Crippen LogP contribution in [-0.4, -0.2) is 4.98 Å². The largest absolute Gasteiger partial charge is 0.265 e. The van der Waals surface area contributed by atoms with Crippen molar-refractivity contribution in [2.45, 2.75) is 12.8 Å². The molecule has 0 bridgehead atoms. The van der Waals surface area contributed by atoms with E-state index in [0.29, 0.717) is 0 Å².